The lowest BCUT2D eigenvalue weighted by molar-refractivity contribution is -0.123. The Morgan fingerprint density at radius 1 is 1.25 bits per heavy atom. The molecule has 0 rings (SSSR count). The molecule has 96 valence electrons. The molecule has 4 heteroatoms. The third kappa shape index (κ3) is 7.65. The lowest BCUT2D eigenvalue weighted by Crippen LogP contribution is -2.46. The predicted molar refractivity (Wildman–Crippen MR) is 66.4 cm³/mol. The molecule has 0 aliphatic carbocycles. The molecule has 0 saturated heterocycles. The van der Waals surface area contributed by atoms with Crippen molar-refractivity contribution in [3.05, 3.63) is 0 Å². The molecule has 0 spiro atoms. The van der Waals surface area contributed by atoms with E-state index < -0.39 is 0 Å². The molecule has 0 saturated carbocycles. The van der Waals surface area contributed by atoms with Gasteiger partial charge in [-0.2, -0.15) is 0 Å². The molecule has 0 aromatic carbocycles. The van der Waals surface area contributed by atoms with E-state index in [2.05, 4.69) is 17.6 Å². The largest absolute Gasteiger partial charge is 0.377 e. The molecule has 0 aromatic rings. The minimum atomic E-state index is -0.162. The molecular formula is C12H26N2O2. The van der Waals surface area contributed by atoms with Gasteiger partial charge in [0.05, 0.1) is 18.8 Å². The number of hydrogen-bond donors (Lipinski definition) is 2. The summed E-state index contributed by atoms with van der Waals surface area (Å²) in [5.74, 6) is 0.0545. The molecule has 2 unspecified atom stereocenters. The maximum absolute atomic E-state index is 11.6. The molecule has 0 radical (unpaired) electrons. The monoisotopic (exact) mass is 230 g/mol. The summed E-state index contributed by atoms with van der Waals surface area (Å²) in [7, 11) is 0. The molecule has 16 heavy (non-hydrogen) atoms. The Kier molecular flexibility index (Phi) is 8.21. The molecule has 2 N–H and O–H groups in total. The van der Waals surface area contributed by atoms with Crippen LogP contribution in [0.3, 0.4) is 0 Å². The summed E-state index contributed by atoms with van der Waals surface area (Å²) in [6.07, 6.45) is 1.20. The summed E-state index contributed by atoms with van der Waals surface area (Å²) in [4.78, 5) is 11.6. The number of ether oxygens (including phenoxy) is 1. The van der Waals surface area contributed by atoms with Crippen molar-refractivity contribution in [1.29, 1.82) is 0 Å². The minimum absolute atomic E-state index is 0.0545. The number of carbonyl (C=O) groups is 1. The van der Waals surface area contributed by atoms with Gasteiger partial charge in [-0.15, -0.1) is 0 Å². The fraction of sp³-hybridized carbons (Fsp3) is 0.917. The first-order chi connectivity index (χ1) is 7.47. The Morgan fingerprint density at radius 2 is 1.88 bits per heavy atom. The van der Waals surface area contributed by atoms with Crippen molar-refractivity contribution >= 4 is 5.91 Å². The van der Waals surface area contributed by atoms with Crippen molar-refractivity contribution in [2.75, 3.05) is 13.2 Å². The van der Waals surface area contributed by atoms with E-state index in [1.165, 1.54) is 0 Å². The summed E-state index contributed by atoms with van der Waals surface area (Å²) in [5, 5.41) is 6.07. The van der Waals surface area contributed by atoms with Crippen LogP contribution < -0.4 is 10.6 Å². The van der Waals surface area contributed by atoms with Crippen molar-refractivity contribution in [2.24, 2.45) is 0 Å². The molecular weight excluding hydrogens is 204 g/mol. The Morgan fingerprint density at radius 3 is 2.38 bits per heavy atom. The van der Waals surface area contributed by atoms with Crippen molar-refractivity contribution in [3.8, 4) is 0 Å². The first-order valence-electron chi connectivity index (χ1n) is 6.12. The average molecular weight is 230 g/mol. The van der Waals surface area contributed by atoms with Gasteiger partial charge in [-0.1, -0.05) is 6.92 Å². The van der Waals surface area contributed by atoms with Crippen molar-refractivity contribution in [1.82, 2.24) is 10.6 Å². The Balaban J connectivity index is 3.63. The lowest BCUT2D eigenvalue weighted by atomic mass is 10.2. The van der Waals surface area contributed by atoms with Crippen molar-refractivity contribution < 1.29 is 9.53 Å². The number of rotatable bonds is 8. The van der Waals surface area contributed by atoms with E-state index in [1.54, 1.807) is 0 Å². The van der Waals surface area contributed by atoms with Crippen LogP contribution in [-0.2, 0) is 9.53 Å². The van der Waals surface area contributed by atoms with Gasteiger partial charge in [0.2, 0.25) is 5.91 Å². The number of amides is 1. The minimum Gasteiger partial charge on any atom is -0.377 e. The van der Waals surface area contributed by atoms with Gasteiger partial charge in [0, 0.05) is 12.6 Å². The summed E-state index contributed by atoms with van der Waals surface area (Å²) >= 11 is 0. The molecule has 0 heterocycles. The van der Waals surface area contributed by atoms with Crippen LogP contribution in [0.25, 0.3) is 0 Å². The summed E-state index contributed by atoms with van der Waals surface area (Å²) in [6.45, 7) is 11.3. The molecule has 0 bridgehead atoms. The van der Waals surface area contributed by atoms with Gasteiger partial charge in [-0.25, -0.2) is 0 Å². The van der Waals surface area contributed by atoms with Crippen LogP contribution in [0.5, 0.6) is 0 Å². The maximum atomic E-state index is 11.6. The SMILES string of the molecule is CCC(C)NC(=O)C(C)NCCOC(C)C. The lowest BCUT2D eigenvalue weighted by Gasteiger charge is -2.17. The van der Waals surface area contributed by atoms with Gasteiger partial charge in [0.1, 0.15) is 0 Å². The zero-order valence-corrected chi connectivity index (χ0v) is 11.2. The van der Waals surface area contributed by atoms with Gasteiger partial charge in [-0.05, 0) is 34.1 Å². The smallest absolute Gasteiger partial charge is 0.237 e. The fourth-order valence-electron chi connectivity index (χ4n) is 1.13. The second-order valence-corrected chi connectivity index (χ2v) is 4.41. The van der Waals surface area contributed by atoms with Gasteiger partial charge < -0.3 is 15.4 Å². The van der Waals surface area contributed by atoms with E-state index >= 15 is 0 Å². The highest BCUT2D eigenvalue weighted by Crippen LogP contribution is 1.91. The normalized spacial score (nSPS) is 14.9. The zero-order chi connectivity index (χ0) is 12.6. The van der Waals surface area contributed by atoms with Crippen LogP contribution in [0.2, 0.25) is 0 Å². The third-order valence-corrected chi connectivity index (χ3v) is 2.40. The van der Waals surface area contributed by atoms with E-state index in [1.807, 2.05) is 27.7 Å². The fourth-order valence-corrected chi connectivity index (χ4v) is 1.13. The molecule has 0 aliphatic heterocycles. The molecule has 2 atom stereocenters. The van der Waals surface area contributed by atoms with Crippen LogP contribution >= 0.6 is 0 Å². The highest BCUT2D eigenvalue weighted by molar-refractivity contribution is 5.81. The van der Waals surface area contributed by atoms with Crippen LogP contribution in [0.1, 0.15) is 41.0 Å². The predicted octanol–water partition coefficient (Wildman–Crippen LogP) is 1.30. The van der Waals surface area contributed by atoms with Gasteiger partial charge in [-0.3, -0.25) is 4.79 Å². The number of nitrogens with one attached hydrogen (secondary N) is 2. The van der Waals surface area contributed by atoms with Crippen LogP contribution in [0.4, 0.5) is 0 Å². The van der Waals surface area contributed by atoms with E-state index in [0.29, 0.717) is 13.2 Å². The quantitative estimate of drug-likeness (QED) is 0.618. The van der Waals surface area contributed by atoms with Gasteiger partial charge >= 0.3 is 0 Å². The van der Waals surface area contributed by atoms with Crippen molar-refractivity contribution in [2.45, 2.75) is 59.2 Å². The number of hydrogen-bond acceptors (Lipinski definition) is 3. The van der Waals surface area contributed by atoms with Crippen molar-refractivity contribution in [3.63, 3.8) is 0 Å². The molecule has 4 nitrogen and oxygen atoms in total. The topological polar surface area (TPSA) is 50.4 Å². The third-order valence-electron chi connectivity index (χ3n) is 2.40. The zero-order valence-electron chi connectivity index (χ0n) is 11.2. The van der Waals surface area contributed by atoms with E-state index in [-0.39, 0.29) is 24.1 Å². The molecule has 0 aromatic heterocycles. The van der Waals surface area contributed by atoms with Crippen LogP contribution in [0, 0.1) is 0 Å². The number of carbonyl (C=O) groups excluding carboxylic acids is 1. The average Bonchev–Trinajstić information content (AvgIpc) is 2.23. The Labute approximate surface area is 99.1 Å². The first kappa shape index (κ1) is 15.4. The van der Waals surface area contributed by atoms with E-state index in [9.17, 15) is 4.79 Å². The second kappa shape index (κ2) is 8.53. The molecule has 0 fully saturated rings. The van der Waals surface area contributed by atoms with Crippen LogP contribution in [0.15, 0.2) is 0 Å². The summed E-state index contributed by atoms with van der Waals surface area (Å²) < 4.78 is 5.38. The van der Waals surface area contributed by atoms with E-state index in [4.69, 9.17) is 4.74 Å². The molecule has 0 aliphatic rings. The van der Waals surface area contributed by atoms with Crippen LogP contribution in [-0.4, -0.2) is 37.2 Å². The highest BCUT2D eigenvalue weighted by Gasteiger charge is 2.13. The van der Waals surface area contributed by atoms with Gasteiger partial charge in [0.25, 0.3) is 0 Å². The Bertz CT molecular complexity index is 195. The first-order valence-corrected chi connectivity index (χ1v) is 6.12. The standard InChI is InChI=1S/C12H26N2O2/c1-6-10(4)14-12(15)11(5)13-7-8-16-9(2)3/h9-11,13H,6-8H2,1-5H3,(H,14,15). The molecule has 1 amide bonds. The van der Waals surface area contributed by atoms with E-state index in [0.717, 1.165) is 6.42 Å². The Hall–Kier alpha value is -0.610. The highest BCUT2D eigenvalue weighted by atomic mass is 16.5. The second-order valence-electron chi connectivity index (χ2n) is 4.41. The summed E-state index contributed by atoms with van der Waals surface area (Å²) in [5.41, 5.74) is 0. The maximum Gasteiger partial charge on any atom is 0.237 e. The van der Waals surface area contributed by atoms with Gasteiger partial charge in [0.15, 0.2) is 0 Å². The summed E-state index contributed by atoms with van der Waals surface area (Å²) in [6, 6.07) is 0.0772.